The molecule has 1 atom stereocenters. The van der Waals surface area contributed by atoms with Crippen molar-refractivity contribution in [3.63, 3.8) is 0 Å². The molecule has 0 bridgehead atoms. The molecular weight excluding hydrogens is 571 g/mol. The fourth-order valence-corrected chi connectivity index (χ4v) is 5.12. The molecule has 4 heterocycles. The number of amides is 2. The highest BCUT2D eigenvalue weighted by atomic mass is 35.5. The van der Waals surface area contributed by atoms with Crippen LogP contribution >= 0.6 is 11.6 Å². The SMILES string of the molecule is CN1C(=O)[C@H](N2Cc3c(nn(Cc4ccccc4)c3Cl)C2=O)COc2cc(C#Cc3cccc(C(F)(F)F)n3)ccc21. The van der Waals surface area contributed by atoms with E-state index >= 15 is 0 Å². The number of carbonyl (C=O) groups excluding carboxylic acids is 2. The zero-order valence-electron chi connectivity index (χ0n) is 22.0. The number of likely N-dealkylation sites (N-methyl/N-ethyl adjacent to an activating group) is 1. The van der Waals surface area contributed by atoms with Crippen LogP contribution in [0.3, 0.4) is 0 Å². The van der Waals surface area contributed by atoms with E-state index < -0.39 is 23.8 Å². The van der Waals surface area contributed by atoms with Crippen LogP contribution in [0.2, 0.25) is 5.15 Å². The van der Waals surface area contributed by atoms with Crippen molar-refractivity contribution in [2.45, 2.75) is 25.3 Å². The summed E-state index contributed by atoms with van der Waals surface area (Å²) in [5, 5.41) is 4.77. The predicted octanol–water partition coefficient (Wildman–Crippen LogP) is 4.78. The van der Waals surface area contributed by atoms with Crippen molar-refractivity contribution in [2.24, 2.45) is 0 Å². The number of anilines is 1. The van der Waals surface area contributed by atoms with E-state index in [9.17, 15) is 22.8 Å². The number of hydrogen-bond acceptors (Lipinski definition) is 5. The zero-order chi connectivity index (χ0) is 29.6. The van der Waals surface area contributed by atoms with Gasteiger partial charge in [0.15, 0.2) is 5.69 Å². The van der Waals surface area contributed by atoms with Gasteiger partial charge in [-0.3, -0.25) is 9.59 Å². The summed E-state index contributed by atoms with van der Waals surface area (Å²) in [4.78, 5) is 33.2. The van der Waals surface area contributed by atoms with E-state index in [0.717, 1.165) is 11.6 Å². The molecular formula is C30H21ClF3N5O3. The number of nitrogens with zero attached hydrogens (tertiary/aromatic N) is 5. The van der Waals surface area contributed by atoms with Crippen molar-refractivity contribution < 1.29 is 27.5 Å². The van der Waals surface area contributed by atoms with Gasteiger partial charge in [-0.2, -0.15) is 18.3 Å². The molecule has 2 aromatic carbocycles. The van der Waals surface area contributed by atoms with Gasteiger partial charge in [0.2, 0.25) is 0 Å². The number of hydrogen-bond donors (Lipinski definition) is 0. The van der Waals surface area contributed by atoms with Crippen LogP contribution in [0.25, 0.3) is 0 Å². The Hall–Kier alpha value is -4.82. The quantitative estimate of drug-likeness (QED) is 0.321. The molecule has 2 amide bonds. The number of rotatable bonds is 3. The summed E-state index contributed by atoms with van der Waals surface area (Å²) in [6.45, 7) is 0.380. The van der Waals surface area contributed by atoms with Gasteiger partial charge in [0, 0.05) is 18.2 Å². The Kier molecular flexibility index (Phi) is 6.86. The van der Waals surface area contributed by atoms with Crippen LogP contribution in [0.15, 0.2) is 66.7 Å². The van der Waals surface area contributed by atoms with E-state index in [-0.39, 0.29) is 30.4 Å². The molecule has 12 heteroatoms. The number of ether oxygens (including phenoxy) is 1. The van der Waals surface area contributed by atoms with Gasteiger partial charge in [-0.15, -0.1) is 0 Å². The van der Waals surface area contributed by atoms with Gasteiger partial charge in [0.05, 0.1) is 18.8 Å². The van der Waals surface area contributed by atoms with Crippen molar-refractivity contribution in [1.82, 2.24) is 19.7 Å². The summed E-state index contributed by atoms with van der Waals surface area (Å²) in [7, 11) is 1.58. The van der Waals surface area contributed by atoms with Crippen molar-refractivity contribution in [1.29, 1.82) is 0 Å². The minimum absolute atomic E-state index is 0.0376. The van der Waals surface area contributed by atoms with E-state index in [0.29, 0.717) is 34.3 Å². The van der Waals surface area contributed by atoms with Crippen LogP contribution in [-0.2, 0) is 24.1 Å². The maximum atomic E-state index is 13.5. The second-order valence-corrected chi connectivity index (χ2v) is 10.1. The van der Waals surface area contributed by atoms with Crippen LogP contribution in [-0.4, -0.2) is 51.2 Å². The third kappa shape index (κ3) is 5.05. The van der Waals surface area contributed by atoms with Gasteiger partial charge < -0.3 is 14.5 Å². The third-order valence-electron chi connectivity index (χ3n) is 7.03. The number of benzene rings is 2. The van der Waals surface area contributed by atoms with E-state index in [1.807, 2.05) is 30.3 Å². The molecule has 0 unspecified atom stereocenters. The van der Waals surface area contributed by atoms with Crippen molar-refractivity contribution >= 4 is 29.1 Å². The number of fused-ring (bicyclic) bond motifs is 2. The number of halogens is 4. The zero-order valence-corrected chi connectivity index (χ0v) is 22.8. The van der Waals surface area contributed by atoms with E-state index in [4.69, 9.17) is 16.3 Å². The molecule has 0 fully saturated rings. The molecule has 2 aliphatic rings. The van der Waals surface area contributed by atoms with E-state index in [2.05, 4.69) is 21.9 Å². The largest absolute Gasteiger partial charge is 0.489 e. The second-order valence-electron chi connectivity index (χ2n) is 9.76. The van der Waals surface area contributed by atoms with Crippen LogP contribution in [0.4, 0.5) is 18.9 Å². The highest BCUT2D eigenvalue weighted by molar-refractivity contribution is 6.31. The van der Waals surface area contributed by atoms with Gasteiger partial charge in [-0.25, -0.2) is 9.67 Å². The number of carbonyl (C=O) groups is 2. The smallest absolute Gasteiger partial charge is 0.433 e. The molecule has 2 aromatic heterocycles. The Balaban J connectivity index is 1.20. The lowest BCUT2D eigenvalue weighted by Crippen LogP contribution is -2.49. The van der Waals surface area contributed by atoms with Crippen molar-refractivity contribution in [2.75, 3.05) is 18.6 Å². The molecule has 0 saturated carbocycles. The summed E-state index contributed by atoms with van der Waals surface area (Å²) >= 11 is 6.60. The summed E-state index contributed by atoms with van der Waals surface area (Å²) in [6, 6.07) is 17.0. The average molecular weight is 592 g/mol. The number of aromatic nitrogens is 3. The van der Waals surface area contributed by atoms with Crippen LogP contribution in [0, 0.1) is 11.8 Å². The molecule has 212 valence electrons. The maximum Gasteiger partial charge on any atom is 0.433 e. The molecule has 0 saturated heterocycles. The maximum absolute atomic E-state index is 13.5. The molecule has 2 aliphatic heterocycles. The topological polar surface area (TPSA) is 80.6 Å². The molecule has 4 aromatic rings. The highest BCUT2D eigenvalue weighted by Crippen LogP contribution is 2.36. The van der Waals surface area contributed by atoms with Gasteiger partial charge in [-0.1, -0.05) is 53.9 Å². The Bertz CT molecular complexity index is 1780. The Morgan fingerprint density at radius 1 is 1.05 bits per heavy atom. The van der Waals surface area contributed by atoms with Crippen LogP contribution in [0.1, 0.15) is 38.6 Å². The summed E-state index contributed by atoms with van der Waals surface area (Å²) in [5.41, 5.74) is 1.57. The monoisotopic (exact) mass is 591 g/mol. The molecule has 0 spiro atoms. The molecule has 0 aliphatic carbocycles. The minimum Gasteiger partial charge on any atom is -0.489 e. The van der Waals surface area contributed by atoms with E-state index in [1.165, 1.54) is 21.9 Å². The predicted molar refractivity (Wildman–Crippen MR) is 147 cm³/mol. The molecule has 0 radical (unpaired) electrons. The van der Waals surface area contributed by atoms with Crippen molar-refractivity contribution in [3.05, 3.63) is 106 Å². The van der Waals surface area contributed by atoms with Gasteiger partial charge >= 0.3 is 6.18 Å². The molecule has 0 N–H and O–H groups in total. The van der Waals surface area contributed by atoms with Crippen molar-refractivity contribution in [3.8, 4) is 17.6 Å². The molecule has 6 rings (SSSR count). The molecule has 42 heavy (non-hydrogen) atoms. The van der Waals surface area contributed by atoms with Gasteiger partial charge in [0.1, 0.15) is 34.9 Å². The normalized spacial score (nSPS) is 16.4. The van der Waals surface area contributed by atoms with Crippen LogP contribution in [0.5, 0.6) is 5.75 Å². The Labute approximate surface area is 243 Å². The first-order valence-corrected chi connectivity index (χ1v) is 13.2. The standard InChI is InChI=1S/C30H21ClF3N5O3/c1-37-22-13-11-18(10-12-20-8-5-9-25(35-20)30(32,33)34)14-24(22)42-17-23(28(37)40)38-16-21-26(29(38)41)36-39(27(21)31)15-19-6-3-2-4-7-19/h2-9,11,13-14,23H,15-17H2,1H3/t23-/m1/s1. The fourth-order valence-electron chi connectivity index (χ4n) is 4.87. The Morgan fingerprint density at radius 2 is 1.83 bits per heavy atom. The first-order chi connectivity index (χ1) is 20.1. The number of pyridine rings is 1. The Morgan fingerprint density at radius 3 is 2.57 bits per heavy atom. The van der Waals surface area contributed by atoms with Crippen LogP contribution < -0.4 is 9.64 Å². The lowest BCUT2D eigenvalue weighted by atomic mass is 10.1. The lowest BCUT2D eigenvalue weighted by molar-refractivity contribution is -0.141. The first-order valence-electron chi connectivity index (χ1n) is 12.8. The second kappa shape index (κ2) is 10.5. The summed E-state index contributed by atoms with van der Waals surface area (Å²) in [5.74, 6) is 5.00. The molecule has 8 nitrogen and oxygen atoms in total. The fraction of sp³-hybridized carbons (Fsp3) is 0.200. The summed E-state index contributed by atoms with van der Waals surface area (Å²) < 4.78 is 46.5. The minimum atomic E-state index is -4.57. The van der Waals surface area contributed by atoms with Gasteiger partial charge in [-0.05, 0) is 41.8 Å². The van der Waals surface area contributed by atoms with Gasteiger partial charge in [0.25, 0.3) is 11.8 Å². The summed E-state index contributed by atoms with van der Waals surface area (Å²) in [6.07, 6.45) is -4.57. The highest BCUT2D eigenvalue weighted by Gasteiger charge is 2.43. The third-order valence-corrected chi connectivity index (χ3v) is 7.46. The lowest BCUT2D eigenvalue weighted by Gasteiger charge is -2.27. The van der Waals surface area contributed by atoms with E-state index in [1.54, 1.807) is 29.9 Å². The number of alkyl halides is 3. The average Bonchev–Trinajstić information content (AvgIpc) is 3.42. The first kappa shape index (κ1) is 27.4.